The highest BCUT2D eigenvalue weighted by atomic mass is 32.1. The predicted octanol–water partition coefficient (Wildman–Crippen LogP) is 3.12. The molecule has 0 aliphatic carbocycles. The molecule has 2 aromatic carbocycles. The molecule has 30 heavy (non-hydrogen) atoms. The van der Waals surface area contributed by atoms with E-state index in [0.717, 1.165) is 53.7 Å². The van der Waals surface area contributed by atoms with Crippen LogP contribution in [-0.2, 0) is 12.8 Å². The van der Waals surface area contributed by atoms with Crippen LogP contribution < -0.4 is 16.0 Å². The van der Waals surface area contributed by atoms with Gasteiger partial charge in [-0.2, -0.15) is 0 Å². The molecular weight excluding hydrogens is 394 g/mol. The van der Waals surface area contributed by atoms with Crippen molar-refractivity contribution in [3.8, 4) is 10.6 Å². The third-order valence-corrected chi connectivity index (χ3v) is 5.53. The Morgan fingerprint density at radius 1 is 1.03 bits per heavy atom. The highest BCUT2D eigenvalue weighted by Crippen LogP contribution is 2.23. The first kappa shape index (κ1) is 21.5. The van der Waals surface area contributed by atoms with Crippen LogP contribution in [0.15, 0.2) is 65.0 Å². The summed E-state index contributed by atoms with van der Waals surface area (Å²) >= 11 is 1.67. The Bertz CT molecular complexity index is 984. The number of benzene rings is 2. The number of nitrogens with zero attached hydrogens (tertiary/aromatic N) is 2. The van der Waals surface area contributed by atoms with Gasteiger partial charge in [-0.1, -0.05) is 42.5 Å². The van der Waals surface area contributed by atoms with Crippen LogP contribution in [0.25, 0.3) is 10.6 Å². The summed E-state index contributed by atoms with van der Waals surface area (Å²) in [6, 6.07) is 17.9. The van der Waals surface area contributed by atoms with E-state index in [1.807, 2.05) is 42.5 Å². The normalized spacial score (nSPS) is 11.2. The summed E-state index contributed by atoms with van der Waals surface area (Å²) in [7, 11) is 3.40. The standard InChI is InChI=1S/C23H27N5OS/c1-24-21(29)19-10-6-7-17(15-19)11-13-26-23(25-2)27-14-12-20-16-30-22(28-20)18-8-4-3-5-9-18/h3-10,15-16H,11-14H2,1-2H3,(H,24,29)(H2,25,26,27). The lowest BCUT2D eigenvalue weighted by molar-refractivity contribution is 0.0963. The first-order valence-electron chi connectivity index (χ1n) is 9.95. The van der Waals surface area contributed by atoms with E-state index >= 15 is 0 Å². The number of hydrogen-bond donors (Lipinski definition) is 3. The minimum absolute atomic E-state index is 0.0697. The van der Waals surface area contributed by atoms with Crippen molar-refractivity contribution in [2.75, 3.05) is 27.2 Å². The van der Waals surface area contributed by atoms with Crippen LogP contribution in [0.3, 0.4) is 0 Å². The van der Waals surface area contributed by atoms with Crippen molar-refractivity contribution in [3.05, 3.63) is 76.8 Å². The van der Waals surface area contributed by atoms with Crippen molar-refractivity contribution < 1.29 is 4.79 Å². The Morgan fingerprint density at radius 2 is 1.80 bits per heavy atom. The fraction of sp³-hybridized carbons (Fsp3) is 0.261. The molecule has 0 unspecified atom stereocenters. The number of guanidine groups is 1. The average molecular weight is 422 g/mol. The van der Waals surface area contributed by atoms with Crippen molar-refractivity contribution in [1.29, 1.82) is 0 Å². The number of carbonyl (C=O) groups excluding carboxylic acids is 1. The quantitative estimate of drug-likeness (QED) is 0.386. The summed E-state index contributed by atoms with van der Waals surface area (Å²) in [6.45, 7) is 1.48. The Balaban J connectivity index is 1.42. The average Bonchev–Trinajstić information content (AvgIpc) is 3.27. The highest BCUT2D eigenvalue weighted by molar-refractivity contribution is 7.13. The summed E-state index contributed by atoms with van der Waals surface area (Å²) in [5.41, 5.74) is 4.01. The van der Waals surface area contributed by atoms with E-state index in [2.05, 4.69) is 38.5 Å². The largest absolute Gasteiger partial charge is 0.356 e. The van der Waals surface area contributed by atoms with Gasteiger partial charge in [0, 0.05) is 50.1 Å². The second kappa shape index (κ2) is 11.1. The highest BCUT2D eigenvalue weighted by Gasteiger charge is 2.06. The molecule has 0 aliphatic rings. The van der Waals surface area contributed by atoms with E-state index in [-0.39, 0.29) is 5.91 Å². The van der Waals surface area contributed by atoms with Gasteiger partial charge < -0.3 is 16.0 Å². The van der Waals surface area contributed by atoms with Gasteiger partial charge in [-0.25, -0.2) is 4.98 Å². The zero-order valence-corrected chi connectivity index (χ0v) is 18.1. The lowest BCUT2D eigenvalue weighted by Crippen LogP contribution is -2.39. The molecule has 3 N–H and O–H groups in total. The van der Waals surface area contributed by atoms with Crippen molar-refractivity contribution in [2.45, 2.75) is 12.8 Å². The first-order chi connectivity index (χ1) is 14.7. The van der Waals surface area contributed by atoms with Gasteiger partial charge in [0.1, 0.15) is 5.01 Å². The van der Waals surface area contributed by atoms with Crippen LogP contribution in [0.4, 0.5) is 0 Å². The number of hydrogen-bond acceptors (Lipinski definition) is 4. The molecule has 1 aromatic heterocycles. The van der Waals surface area contributed by atoms with Gasteiger partial charge in [-0.15, -0.1) is 11.3 Å². The predicted molar refractivity (Wildman–Crippen MR) is 124 cm³/mol. The van der Waals surface area contributed by atoms with Crippen molar-refractivity contribution in [1.82, 2.24) is 20.9 Å². The summed E-state index contributed by atoms with van der Waals surface area (Å²) in [5.74, 6) is 0.690. The second-order valence-electron chi connectivity index (χ2n) is 6.72. The molecule has 0 aliphatic heterocycles. The van der Waals surface area contributed by atoms with Gasteiger partial charge >= 0.3 is 0 Å². The van der Waals surface area contributed by atoms with E-state index in [1.54, 1.807) is 25.4 Å². The summed E-state index contributed by atoms with van der Waals surface area (Å²) < 4.78 is 0. The molecule has 0 bridgehead atoms. The number of thiazole rings is 1. The molecule has 6 nitrogen and oxygen atoms in total. The lowest BCUT2D eigenvalue weighted by Gasteiger charge is -2.11. The van der Waals surface area contributed by atoms with Gasteiger partial charge in [0.05, 0.1) is 5.69 Å². The number of carbonyl (C=O) groups is 1. The number of aliphatic imine (C=N–C) groups is 1. The van der Waals surface area contributed by atoms with Crippen molar-refractivity contribution in [2.24, 2.45) is 4.99 Å². The molecule has 7 heteroatoms. The minimum atomic E-state index is -0.0697. The molecule has 3 rings (SSSR count). The lowest BCUT2D eigenvalue weighted by atomic mass is 10.1. The molecule has 1 amide bonds. The van der Waals surface area contributed by atoms with Crippen LogP contribution in [0.1, 0.15) is 21.6 Å². The molecule has 1 heterocycles. The van der Waals surface area contributed by atoms with E-state index in [4.69, 9.17) is 4.98 Å². The van der Waals surface area contributed by atoms with Gasteiger partial charge in [0.15, 0.2) is 5.96 Å². The Hall–Kier alpha value is -3.19. The van der Waals surface area contributed by atoms with E-state index in [9.17, 15) is 4.79 Å². The smallest absolute Gasteiger partial charge is 0.251 e. The maximum atomic E-state index is 11.8. The first-order valence-corrected chi connectivity index (χ1v) is 10.8. The third-order valence-electron chi connectivity index (χ3n) is 4.59. The van der Waals surface area contributed by atoms with Gasteiger partial charge in [-0.3, -0.25) is 9.79 Å². The van der Waals surface area contributed by atoms with Crippen LogP contribution >= 0.6 is 11.3 Å². The Kier molecular flexibility index (Phi) is 7.97. The minimum Gasteiger partial charge on any atom is -0.356 e. The topological polar surface area (TPSA) is 78.4 Å². The molecule has 0 radical (unpaired) electrons. The molecule has 0 spiro atoms. The molecule has 0 saturated carbocycles. The number of rotatable bonds is 8. The number of amides is 1. The van der Waals surface area contributed by atoms with E-state index in [0.29, 0.717) is 5.56 Å². The van der Waals surface area contributed by atoms with Crippen LogP contribution in [0, 0.1) is 0 Å². The van der Waals surface area contributed by atoms with Crippen LogP contribution in [0.5, 0.6) is 0 Å². The zero-order chi connectivity index (χ0) is 21.2. The van der Waals surface area contributed by atoms with Crippen LogP contribution in [-0.4, -0.2) is 44.0 Å². The SMILES string of the molecule is CN=C(NCCc1cccc(C(=O)NC)c1)NCCc1csc(-c2ccccc2)n1. The molecule has 3 aromatic rings. The maximum absolute atomic E-state index is 11.8. The second-order valence-corrected chi connectivity index (χ2v) is 7.57. The van der Waals surface area contributed by atoms with Gasteiger partial charge in [-0.05, 0) is 24.1 Å². The van der Waals surface area contributed by atoms with Crippen molar-refractivity contribution >= 4 is 23.2 Å². The van der Waals surface area contributed by atoms with Gasteiger partial charge in [0.25, 0.3) is 5.91 Å². The molecule has 0 atom stereocenters. The summed E-state index contributed by atoms with van der Waals surface area (Å²) in [4.78, 5) is 20.7. The zero-order valence-electron chi connectivity index (χ0n) is 17.3. The molecule has 0 fully saturated rings. The van der Waals surface area contributed by atoms with E-state index < -0.39 is 0 Å². The van der Waals surface area contributed by atoms with E-state index in [1.165, 1.54) is 0 Å². The Labute approximate surface area is 181 Å². The maximum Gasteiger partial charge on any atom is 0.251 e. The molecular formula is C23H27N5OS. The summed E-state index contributed by atoms with van der Waals surface area (Å²) in [5, 5.41) is 12.5. The number of nitrogens with one attached hydrogen (secondary N) is 3. The summed E-state index contributed by atoms with van der Waals surface area (Å²) in [6.07, 6.45) is 1.64. The monoisotopic (exact) mass is 421 g/mol. The molecule has 156 valence electrons. The third kappa shape index (κ3) is 6.15. The molecule has 0 saturated heterocycles. The van der Waals surface area contributed by atoms with Gasteiger partial charge in [0.2, 0.25) is 0 Å². The fourth-order valence-corrected chi connectivity index (χ4v) is 3.86. The number of aromatic nitrogens is 1. The van der Waals surface area contributed by atoms with Crippen molar-refractivity contribution in [3.63, 3.8) is 0 Å². The Morgan fingerprint density at radius 3 is 2.53 bits per heavy atom. The van der Waals surface area contributed by atoms with Crippen LogP contribution in [0.2, 0.25) is 0 Å². The fourth-order valence-electron chi connectivity index (χ4n) is 3.00.